The fourth-order valence-electron chi connectivity index (χ4n) is 1.38. The van der Waals surface area contributed by atoms with E-state index in [2.05, 4.69) is 11.2 Å². The van der Waals surface area contributed by atoms with Crippen molar-refractivity contribution in [3.05, 3.63) is 34.3 Å². The molecule has 17 heavy (non-hydrogen) atoms. The van der Waals surface area contributed by atoms with Gasteiger partial charge < -0.3 is 11.1 Å². The number of benzene rings is 1. The van der Waals surface area contributed by atoms with Crippen molar-refractivity contribution >= 4 is 17.5 Å². The van der Waals surface area contributed by atoms with Crippen LogP contribution in [0.15, 0.2) is 18.2 Å². The molecule has 0 saturated carbocycles. The summed E-state index contributed by atoms with van der Waals surface area (Å²) >= 11 is 6.03. The zero-order valence-corrected chi connectivity index (χ0v) is 10.3. The number of halogens is 1. The molecule has 0 aliphatic carbocycles. The molecule has 0 bridgehead atoms. The second-order valence-corrected chi connectivity index (χ2v) is 4.06. The molecule has 3 nitrogen and oxygen atoms in total. The Bertz CT molecular complexity index is 438. The maximum atomic E-state index is 10.9. The summed E-state index contributed by atoms with van der Waals surface area (Å²) in [6.07, 6.45) is 6.85. The normalized spacial score (nSPS) is 9.88. The first-order valence-corrected chi connectivity index (χ1v) is 5.75. The van der Waals surface area contributed by atoms with Crippen molar-refractivity contribution in [3.63, 3.8) is 0 Å². The highest BCUT2D eigenvalue weighted by Crippen LogP contribution is 2.17. The summed E-state index contributed by atoms with van der Waals surface area (Å²) in [6.45, 7) is 1.50. The maximum Gasteiger partial charge on any atom is 0.248 e. The number of carbonyl (C=O) groups excluding carboxylic acids is 1. The Kier molecular flexibility index (Phi) is 5.55. The summed E-state index contributed by atoms with van der Waals surface area (Å²) in [4.78, 5) is 10.9. The Morgan fingerprint density at radius 3 is 2.88 bits per heavy atom. The Balaban J connectivity index is 2.50. The van der Waals surface area contributed by atoms with Gasteiger partial charge in [0.2, 0.25) is 5.91 Å². The van der Waals surface area contributed by atoms with Gasteiger partial charge in [-0.25, -0.2) is 0 Å². The van der Waals surface area contributed by atoms with E-state index in [1.165, 1.54) is 0 Å². The highest BCUT2D eigenvalue weighted by atomic mass is 35.5. The van der Waals surface area contributed by atoms with E-state index in [0.29, 0.717) is 17.1 Å². The fourth-order valence-corrected chi connectivity index (χ4v) is 1.63. The predicted molar refractivity (Wildman–Crippen MR) is 69.7 cm³/mol. The van der Waals surface area contributed by atoms with Crippen LogP contribution in [0.1, 0.15) is 28.8 Å². The van der Waals surface area contributed by atoms with Gasteiger partial charge in [-0.15, -0.1) is 12.3 Å². The second kappa shape index (κ2) is 6.95. The number of primary amides is 1. The largest absolute Gasteiger partial charge is 0.366 e. The summed E-state index contributed by atoms with van der Waals surface area (Å²) in [6, 6.07) is 5.06. The first-order valence-electron chi connectivity index (χ1n) is 5.37. The van der Waals surface area contributed by atoms with Crippen LogP contribution in [-0.4, -0.2) is 12.5 Å². The zero-order chi connectivity index (χ0) is 12.7. The monoisotopic (exact) mass is 250 g/mol. The van der Waals surface area contributed by atoms with Crippen LogP contribution in [0.3, 0.4) is 0 Å². The minimum atomic E-state index is -0.472. The molecule has 0 heterocycles. The van der Waals surface area contributed by atoms with Crippen molar-refractivity contribution in [2.24, 2.45) is 5.73 Å². The molecule has 0 atom stereocenters. The van der Waals surface area contributed by atoms with Crippen molar-refractivity contribution in [3.8, 4) is 12.3 Å². The third-order valence-electron chi connectivity index (χ3n) is 2.33. The quantitative estimate of drug-likeness (QED) is 0.599. The van der Waals surface area contributed by atoms with Gasteiger partial charge in [0.25, 0.3) is 0 Å². The topological polar surface area (TPSA) is 55.1 Å². The lowest BCUT2D eigenvalue weighted by atomic mass is 10.1. The van der Waals surface area contributed by atoms with Gasteiger partial charge in [-0.1, -0.05) is 17.7 Å². The number of carbonyl (C=O) groups is 1. The molecule has 0 radical (unpaired) electrons. The molecule has 0 aliphatic rings. The van der Waals surface area contributed by atoms with Crippen molar-refractivity contribution in [1.82, 2.24) is 5.32 Å². The van der Waals surface area contributed by atoms with Crippen LogP contribution in [0.2, 0.25) is 5.02 Å². The molecule has 0 aliphatic heterocycles. The van der Waals surface area contributed by atoms with E-state index in [1.54, 1.807) is 18.2 Å². The molecular weight excluding hydrogens is 236 g/mol. The van der Waals surface area contributed by atoms with Gasteiger partial charge in [-0.05, 0) is 30.7 Å². The van der Waals surface area contributed by atoms with E-state index in [1.807, 2.05) is 0 Å². The third-order valence-corrected chi connectivity index (χ3v) is 2.68. The van der Waals surface area contributed by atoms with Crippen LogP contribution in [-0.2, 0) is 6.54 Å². The number of unbranched alkanes of at least 4 members (excludes halogenated alkanes) is 1. The van der Waals surface area contributed by atoms with Gasteiger partial charge in [-0.3, -0.25) is 4.79 Å². The molecule has 0 aromatic heterocycles. The zero-order valence-electron chi connectivity index (χ0n) is 9.50. The lowest BCUT2D eigenvalue weighted by Gasteiger charge is -2.07. The molecule has 4 heteroatoms. The number of nitrogens with one attached hydrogen (secondary N) is 1. The SMILES string of the molecule is C#CCCCNCc1ccc(C(N)=O)cc1Cl. The number of amides is 1. The molecular formula is C13H15ClN2O. The molecule has 1 amide bonds. The van der Waals surface area contributed by atoms with Crippen LogP contribution in [0, 0.1) is 12.3 Å². The van der Waals surface area contributed by atoms with Gasteiger partial charge in [0, 0.05) is 23.6 Å². The Morgan fingerprint density at radius 2 is 2.29 bits per heavy atom. The predicted octanol–water partition coefficient (Wildman–Crippen LogP) is 1.94. The average Bonchev–Trinajstić information content (AvgIpc) is 2.30. The summed E-state index contributed by atoms with van der Waals surface area (Å²) in [7, 11) is 0. The van der Waals surface area contributed by atoms with Crippen LogP contribution < -0.4 is 11.1 Å². The van der Waals surface area contributed by atoms with Gasteiger partial charge in [0.15, 0.2) is 0 Å². The molecule has 0 fully saturated rings. The first-order chi connectivity index (χ1) is 8.15. The number of hydrogen-bond acceptors (Lipinski definition) is 2. The minimum Gasteiger partial charge on any atom is -0.366 e. The standard InChI is InChI=1S/C13H15ClN2O/c1-2-3-4-7-16-9-11-6-5-10(13(15)17)8-12(11)14/h1,5-6,8,16H,3-4,7,9H2,(H2,15,17). The number of nitrogens with two attached hydrogens (primary N) is 1. The van der Waals surface area contributed by atoms with Gasteiger partial charge in [-0.2, -0.15) is 0 Å². The molecule has 90 valence electrons. The summed E-state index contributed by atoms with van der Waals surface area (Å²) in [5, 5.41) is 3.78. The Morgan fingerprint density at radius 1 is 1.53 bits per heavy atom. The highest BCUT2D eigenvalue weighted by Gasteiger charge is 2.04. The van der Waals surface area contributed by atoms with E-state index in [4.69, 9.17) is 23.8 Å². The second-order valence-electron chi connectivity index (χ2n) is 3.65. The van der Waals surface area contributed by atoms with Gasteiger partial charge in [0.05, 0.1) is 0 Å². The number of rotatable bonds is 6. The number of terminal acetylenes is 1. The van der Waals surface area contributed by atoms with E-state index < -0.39 is 5.91 Å². The highest BCUT2D eigenvalue weighted by molar-refractivity contribution is 6.31. The van der Waals surface area contributed by atoms with Crippen LogP contribution in [0.25, 0.3) is 0 Å². The average molecular weight is 251 g/mol. The molecule has 0 spiro atoms. The van der Waals surface area contributed by atoms with Gasteiger partial charge in [0.1, 0.15) is 0 Å². The van der Waals surface area contributed by atoms with Crippen molar-refractivity contribution in [2.75, 3.05) is 6.54 Å². The Labute approximate surface area is 106 Å². The third kappa shape index (κ3) is 4.48. The van der Waals surface area contributed by atoms with Crippen LogP contribution in [0.4, 0.5) is 0 Å². The Hall–Kier alpha value is -1.50. The lowest BCUT2D eigenvalue weighted by Crippen LogP contribution is -2.15. The molecule has 1 rings (SSSR count). The molecule has 3 N–H and O–H groups in total. The van der Waals surface area contributed by atoms with Crippen molar-refractivity contribution in [1.29, 1.82) is 0 Å². The molecule has 1 aromatic carbocycles. The number of hydrogen-bond donors (Lipinski definition) is 2. The summed E-state index contributed by atoms with van der Waals surface area (Å²) in [5.74, 6) is 2.11. The van der Waals surface area contributed by atoms with E-state index >= 15 is 0 Å². The summed E-state index contributed by atoms with van der Waals surface area (Å²) < 4.78 is 0. The minimum absolute atomic E-state index is 0.422. The van der Waals surface area contributed by atoms with E-state index in [-0.39, 0.29) is 0 Å². The van der Waals surface area contributed by atoms with E-state index in [0.717, 1.165) is 24.9 Å². The molecule has 0 saturated heterocycles. The lowest BCUT2D eigenvalue weighted by molar-refractivity contribution is 0.100. The maximum absolute atomic E-state index is 10.9. The van der Waals surface area contributed by atoms with E-state index in [9.17, 15) is 4.79 Å². The first kappa shape index (κ1) is 13.6. The molecule has 1 aromatic rings. The van der Waals surface area contributed by atoms with Crippen molar-refractivity contribution < 1.29 is 4.79 Å². The molecule has 0 unspecified atom stereocenters. The smallest absolute Gasteiger partial charge is 0.248 e. The van der Waals surface area contributed by atoms with Crippen molar-refractivity contribution in [2.45, 2.75) is 19.4 Å². The van der Waals surface area contributed by atoms with Crippen LogP contribution in [0.5, 0.6) is 0 Å². The fraction of sp³-hybridized carbons (Fsp3) is 0.308. The van der Waals surface area contributed by atoms with Gasteiger partial charge >= 0.3 is 0 Å². The summed E-state index contributed by atoms with van der Waals surface area (Å²) in [5.41, 5.74) is 6.52. The van der Waals surface area contributed by atoms with Crippen LogP contribution >= 0.6 is 11.6 Å².